The predicted molar refractivity (Wildman–Crippen MR) is 97.9 cm³/mol. The van der Waals surface area contributed by atoms with Crippen LogP contribution in [0.1, 0.15) is 12.8 Å². The molecule has 0 saturated carbocycles. The van der Waals surface area contributed by atoms with Crippen molar-refractivity contribution in [3.05, 3.63) is 36.1 Å². The van der Waals surface area contributed by atoms with Crippen LogP contribution in [0.4, 0.5) is 15.0 Å². The Labute approximate surface area is 157 Å². The van der Waals surface area contributed by atoms with Crippen molar-refractivity contribution >= 4 is 11.8 Å². The van der Waals surface area contributed by atoms with E-state index in [-0.39, 0.29) is 17.9 Å². The smallest absolute Gasteiger partial charge is 0.323 e. The molecule has 2 aromatic rings. The van der Waals surface area contributed by atoms with Crippen LogP contribution in [0.25, 0.3) is 11.3 Å². The molecule has 1 aromatic heterocycles. The van der Waals surface area contributed by atoms with Gasteiger partial charge in [0.05, 0.1) is 13.2 Å². The Hall–Kier alpha value is -2.45. The van der Waals surface area contributed by atoms with Gasteiger partial charge in [-0.1, -0.05) is 17.3 Å². The number of nitrogens with zero attached hydrogens (tertiary/aromatic N) is 3. The van der Waals surface area contributed by atoms with Crippen LogP contribution in [0.5, 0.6) is 0 Å². The van der Waals surface area contributed by atoms with Gasteiger partial charge in [0.1, 0.15) is 5.82 Å². The Morgan fingerprint density at radius 1 is 1.26 bits per heavy atom. The van der Waals surface area contributed by atoms with Gasteiger partial charge in [0.15, 0.2) is 11.6 Å². The maximum Gasteiger partial charge on any atom is 0.323 e. The van der Waals surface area contributed by atoms with E-state index in [9.17, 15) is 9.18 Å². The van der Waals surface area contributed by atoms with Crippen LogP contribution in [-0.2, 0) is 4.74 Å². The zero-order valence-corrected chi connectivity index (χ0v) is 15.1. The molecule has 2 amide bonds. The molecule has 2 aliphatic rings. The number of carbonyl (C=O) groups is 1. The first-order chi connectivity index (χ1) is 13.2. The Kier molecular flexibility index (Phi) is 5.35. The van der Waals surface area contributed by atoms with E-state index >= 15 is 0 Å². The number of hydrogen-bond acceptors (Lipinski definition) is 5. The third-order valence-corrected chi connectivity index (χ3v) is 5.06. The molecule has 3 heterocycles. The molecule has 0 radical (unpaired) electrons. The van der Waals surface area contributed by atoms with Gasteiger partial charge in [0.25, 0.3) is 0 Å². The summed E-state index contributed by atoms with van der Waals surface area (Å²) in [4.78, 5) is 16.9. The van der Waals surface area contributed by atoms with E-state index in [2.05, 4.69) is 15.4 Å². The zero-order valence-electron chi connectivity index (χ0n) is 15.1. The van der Waals surface area contributed by atoms with Crippen molar-refractivity contribution in [2.24, 2.45) is 0 Å². The average molecular weight is 374 g/mol. The average Bonchev–Trinajstić information content (AvgIpc) is 3.32. The van der Waals surface area contributed by atoms with Gasteiger partial charge in [-0.05, 0) is 25.0 Å². The number of anilines is 1. The molecule has 4 rings (SSSR count). The van der Waals surface area contributed by atoms with Crippen molar-refractivity contribution in [2.75, 3.05) is 44.7 Å². The summed E-state index contributed by atoms with van der Waals surface area (Å²) in [6, 6.07) is 7.69. The van der Waals surface area contributed by atoms with Crippen LogP contribution in [0.15, 0.2) is 34.9 Å². The van der Waals surface area contributed by atoms with Crippen LogP contribution in [0.3, 0.4) is 0 Å². The standard InChI is InChI=1S/C19H23FN4O3/c20-15-4-1-3-14(11-15)17-12-18(22-27-17)21-19(25)24-6-2-5-16(24)13-23-7-9-26-10-8-23/h1,3-4,11-12,16H,2,5-10,13H2,(H,21,22,25). The number of hydrogen-bond donors (Lipinski definition) is 1. The summed E-state index contributed by atoms with van der Waals surface area (Å²) in [6.45, 7) is 4.92. The SMILES string of the molecule is O=C(Nc1cc(-c2cccc(F)c2)on1)N1CCCC1CN1CCOCC1. The summed E-state index contributed by atoms with van der Waals surface area (Å²) in [5, 5.41) is 6.69. The number of benzene rings is 1. The lowest BCUT2D eigenvalue weighted by Gasteiger charge is -2.32. The molecule has 7 nitrogen and oxygen atoms in total. The minimum Gasteiger partial charge on any atom is -0.379 e. The highest BCUT2D eigenvalue weighted by molar-refractivity contribution is 5.89. The van der Waals surface area contributed by atoms with Crippen molar-refractivity contribution in [3.63, 3.8) is 0 Å². The number of aromatic nitrogens is 1. The van der Waals surface area contributed by atoms with Crippen molar-refractivity contribution in [3.8, 4) is 11.3 Å². The number of nitrogens with one attached hydrogen (secondary N) is 1. The highest BCUT2D eigenvalue weighted by Gasteiger charge is 2.31. The number of ether oxygens (including phenoxy) is 1. The van der Waals surface area contributed by atoms with E-state index < -0.39 is 0 Å². The summed E-state index contributed by atoms with van der Waals surface area (Å²) >= 11 is 0. The number of rotatable bonds is 4. The van der Waals surface area contributed by atoms with Gasteiger partial charge < -0.3 is 14.2 Å². The van der Waals surface area contributed by atoms with Crippen LogP contribution in [-0.4, -0.2) is 66.4 Å². The van der Waals surface area contributed by atoms with Gasteiger partial charge in [-0.15, -0.1) is 0 Å². The minimum absolute atomic E-state index is 0.176. The normalized spacial score (nSPS) is 20.8. The quantitative estimate of drug-likeness (QED) is 0.891. The minimum atomic E-state index is -0.350. The molecule has 0 spiro atoms. The Morgan fingerprint density at radius 2 is 2.11 bits per heavy atom. The van der Waals surface area contributed by atoms with Crippen molar-refractivity contribution in [1.82, 2.24) is 15.0 Å². The van der Waals surface area contributed by atoms with Gasteiger partial charge in [0.2, 0.25) is 0 Å². The van der Waals surface area contributed by atoms with Crippen molar-refractivity contribution in [1.29, 1.82) is 0 Å². The van der Waals surface area contributed by atoms with E-state index in [1.165, 1.54) is 12.1 Å². The number of likely N-dealkylation sites (tertiary alicyclic amines) is 1. The van der Waals surface area contributed by atoms with Gasteiger partial charge in [-0.25, -0.2) is 9.18 Å². The third-order valence-electron chi connectivity index (χ3n) is 5.06. The predicted octanol–water partition coefficient (Wildman–Crippen LogP) is 2.81. The van der Waals surface area contributed by atoms with Crippen LogP contribution >= 0.6 is 0 Å². The third kappa shape index (κ3) is 4.28. The maximum absolute atomic E-state index is 13.4. The van der Waals surface area contributed by atoms with E-state index in [1.54, 1.807) is 18.2 Å². The van der Waals surface area contributed by atoms with Crippen LogP contribution in [0, 0.1) is 5.82 Å². The first-order valence-corrected chi connectivity index (χ1v) is 9.29. The summed E-state index contributed by atoms with van der Waals surface area (Å²) in [5.74, 6) is 0.393. The highest BCUT2D eigenvalue weighted by atomic mass is 19.1. The number of halogens is 1. The molecule has 1 N–H and O–H groups in total. The molecule has 2 saturated heterocycles. The monoisotopic (exact) mass is 374 g/mol. The van der Waals surface area contributed by atoms with Gasteiger partial charge in [-0.2, -0.15) is 0 Å². The van der Waals surface area contributed by atoms with Gasteiger partial charge in [-0.3, -0.25) is 10.2 Å². The van der Waals surface area contributed by atoms with Crippen LogP contribution in [0.2, 0.25) is 0 Å². The number of morpholine rings is 1. The fourth-order valence-corrected chi connectivity index (χ4v) is 3.67. The number of urea groups is 1. The molecule has 0 bridgehead atoms. The molecule has 2 fully saturated rings. The molecular formula is C19H23FN4O3. The van der Waals surface area contributed by atoms with E-state index in [0.29, 0.717) is 17.1 Å². The van der Waals surface area contributed by atoms with Crippen molar-refractivity contribution < 1.29 is 18.4 Å². The molecule has 2 aliphatic heterocycles. The molecule has 1 aromatic carbocycles. The van der Waals surface area contributed by atoms with E-state index in [1.807, 2.05) is 4.90 Å². The molecule has 1 unspecified atom stereocenters. The summed E-state index contributed by atoms with van der Waals surface area (Å²) < 4.78 is 24.0. The summed E-state index contributed by atoms with van der Waals surface area (Å²) in [7, 11) is 0. The van der Waals surface area contributed by atoms with Gasteiger partial charge in [0, 0.05) is 43.9 Å². The topological polar surface area (TPSA) is 70.8 Å². The molecular weight excluding hydrogens is 351 g/mol. The second-order valence-corrected chi connectivity index (χ2v) is 6.92. The fraction of sp³-hybridized carbons (Fsp3) is 0.474. The second kappa shape index (κ2) is 8.06. The number of amides is 2. The summed E-state index contributed by atoms with van der Waals surface area (Å²) in [6.07, 6.45) is 1.99. The Balaban J connectivity index is 1.38. The zero-order chi connectivity index (χ0) is 18.6. The number of carbonyl (C=O) groups excluding carboxylic acids is 1. The largest absolute Gasteiger partial charge is 0.379 e. The molecule has 0 aliphatic carbocycles. The van der Waals surface area contributed by atoms with Gasteiger partial charge >= 0.3 is 6.03 Å². The molecule has 144 valence electrons. The highest BCUT2D eigenvalue weighted by Crippen LogP contribution is 2.24. The van der Waals surface area contributed by atoms with E-state index in [0.717, 1.165) is 52.2 Å². The second-order valence-electron chi connectivity index (χ2n) is 6.92. The summed E-state index contributed by atoms with van der Waals surface area (Å²) in [5.41, 5.74) is 0.578. The molecule has 27 heavy (non-hydrogen) atoms. The Bertz CT molecular complexity index is 791. The van der Waals surface area contributed by atoms with E-state index in [4.69, 9.17) is 9.26 Å². The first kappa shape index (κ1) is 17.9. The molecule has 8 heteroatoms. The first-order valence-electron chi connectivity index (χ1n) is 9.29. The lowest BCUT2D eigenvalue weighted by Crippen LogP contribution is -2.47. The lowest BCUT2D eigenvalue weighted by atomic mass is 10.2. The fourth-order valence-electron chi connectivity index (χ4n) is 3.67. The van der Waals surface area contributed by atoms with Crippen molar-refractivity contribution in [2.45, 2.75) is 18.9 Å². The molecule has 1 atom stereocenters. The Morgan fingerprint density at radius 3 is 2.93 bits per heavy atom. The lowest BCUT2D eigenvalue weighted by molar-refractivity contribution is 0.0296. The maximum atomic E-state index is 13.4. The van der Waals surface area contributed by atoms with Crippen LogP contribution < -0.4 is 5.32 Å².